The number of benzene rings is 2. The van der Waals surface area contributed by atoms with E-state index < -0.39 is 33.6 Å². The molecule has 33 heavy (non-hydrogen) atoms. The number of nitrogens with zero attached hydrogens (tertiary/aromatic N) is 2. The molecule has 0 spiro atoms. The van der Waals surface area contributed by atoms with Crippen LogP contribution in [-0.2, 0) is 32.5 Å². The van der Waals surface area contributed by atoms with E-state index in [2.05, 4.69) is 5.32 Å². The van der Waals surface area contributed by atoms with Crippen LogP contribution in [-0.4, -0.2) is 50.7 Å². The van der Waals surface area contributed by atoms with Crippen molar-refractivity contribution in [2.24, 2.45) is 0 Å². The zero-order chi connectivity index (χ0) is 24.0. The number of hydrogen-bond acceptors (Lipinski definition) is 6. The summed E-state index contributed by atoms with van der Waals surface area (Å²) in [7, 11) is -3.40. The quantitative estimate of drug-likeness (QED) is 0.611. The molecule has 2 aliphatic rings. The second kappa shape index (κ2) is 8.47. The molecule has 1 fully saturated rings. The summed E-state index contributed by atoms with van der Waals surface area (Å²) in [5.74, 6) is -3.74. The molecule has 9 nitrogen and oxygen atoms in total. The number of sulfonamides is 1. The lowest BCUT2D eigenvalue weighted by atomic mass is 10.1. The maximum absolute atomic E-state index is 13.4. The molecule has 2 aliphatic heterocycles. The summed E-state index contributed by atoms with van der Waals surface area (Å²) in [4.78, 5) is 26.3. The van der Waals surface area contributed by atoms with Crippen LogP contribution in [0.15, 0.2) is 36.4 Å². The van der Waals surface area contributed by atoms with Gasteiger partial charge in [-0.05, 0) is 53.9 Å². The van der Waals surface area contributed by atoms with E-state index in [4.69, 9.17) is 16.3 Å². The lowest BCUT2D eigenvalue weighted by molar-refractivity contribution is -0.175. The van der Waals surface area contributed by atoms with Gasteiger partial charge < -0.3 is 20.1 Å². The molecule has 2 N–H and O–H groups in total. The molecule has 0 aliphatic carbocycles. The second-order valence-corrected chi connectivity index (χ2v) is 10.3. The van der Waals surface area contributed by atoms with Crippen LogP contribution in [0.4, 0.5) is 20.6 Å². The van der Waals surface area contributed by atoms with Crippen LogP contribution in [0.1, 0.15) is 17.5 Å². The summed E-state index contributed by atoms with van der Waals surface area (Å²) in [5.41, 5.74) is 2.15. The van der Waals surface area contributed by atoms with Crippen LogP contribution in [0.2, 0.25) is 5.02 Å². The molecule has 2 aromatic carbocycles. The van der Waals surface area contributed by atoms with Gasteiger partial charge in [-0.2, -0.15) is 0 Å². The number of rotatable bonds is 5. The second-order valence-electron chi connectivity index (χ2n) is 7.91. The van der Waals surface area contributed by atoms with Gasteiger partial charge in [0.25, 0.3) is 11.7 Å². The largest absolute Gasteiger partial charge is 0.410 e. The smallest absolute Gasteiger partial charge is 0.407 e. The molecule has 1 atom stereocenters. The van der Waals surface area contributed by atoms with E-state index in [-0.39, 0.29) is 24.5 Å². The summed E-state index contributed by atoms with van der Waals surface area (Å²) in [6.45, 7) is 0.290. The average molecular weight is 498 g/mol. The highest BCUT2D eigenvalue weighted by molar-refractivity contribution is 7.92. The van der Waals surface area contributed by atoms with Crippen LogP contribution in [0.3, 0.4) is 0 Å². The third-order valence-electron chi connectivity index (χ3n) is 5.50. The van der Waals surface area contributed by atoms with Crippen LogP contribution < -0.4 is 14.5 Å². The molecule has 0 bridgehead atoms. The first-order valence-electron chi connectivity index (χ1n) is 10.0. The third kappa shape index (κ3) is 4.75. The number of nitrogens with one attached hydrogen (secondary N) is 1. The maximum Gasteiger partial charge on any atom is 0.410 e. The van der Waals surface area contributed by atoms with Gasteiger partial charge >= 0.3 is 6.09 Å². The monoisotopic (exact) mass is 497 g/mol. The first kappa shape index (κ1) is 23.3. The van der Waals surface area contributed by atoms with Gasteiger partial charge in [-0.25, -0.2) is 17.6 Å². The van der Waals surface area contributed by atoms with Crippen molar-refractivity contribution in [2.45, 2.75) is 25.2 Å². The van der Waals surface area contributed by atoms with E-state index >= 15 is 0 Å². The highest BCUT2D eigenvalue weighted by Crippen LogP contribution is 2.36. The molecule has 0 aromatic heterocycles. The molecule has 2 heterocycles. The van der Waals surface area contributed by atoms with Gasteiger partial charge in [0.15, 0.2) is 0 Å². The summed E-state index contributed by atoms with van der Waals surface area (Å²) >= 11 is 5.78. The highest BCUT2D eigenvalue weighted by atomic mass is 35.5. The number of amides is 2. The molecule has 2 amide bonds. The molecule has 0 saturated carbocycles. The van der Waals surface area contributed by atoms with E-state index in [0.717, 1.165) is 17.9 Å². The fourth-order valence-electron chi connectivity index (χ4n) is 3.97. The lowest BCUT2D eigenvalue weighted by Gasteiger charge is -2.23. The van der Waals surface area contributed by atoms with E-state index in [0.29, 0.717) is 29.9 Å². The van der Waals surface area contributed by atoms with Crippen molar-refractivity contribution in [2.75, 3.05) is 28.6 Å². The molecule has 2 aromatic rings. The minimum atomic E-state index is -3.40. The van der Waals surface area contributed by atoms with Crippen molar-refractivity contribution in [1.29, 1.82) is 0 Å². The number of ether oxygens (including phenoxy) is 1. The van der Waals surface area contributed by atoms with E-state index in [1.54, 1.807) is 18.2 Å². The number of carbonyl (C=O) groups is 2. The topological polar surface area (TPSA) is 116 Å². The number of hydrogen-bond donors (Lipinski definition) is 2. The van der Waals surface area contributed by atoms with Gasteiger partial charge in [0, 0.05) is 36.8 Å². The van der Waals surface area contributed by atoms with Crippen molar-refractivity contribution >= 4 is 45.0 Å². The van der Waals surface area contributed by atoms with E-state index in [1.807, 2.05) is 0 Å². The first-order chi connectivity index (χ1) is 15.5. The summed E-state index contributed by atoms with van der Waals surface area (Å²) in [6.07, 6.45) is 0.417. The number of anilines is 2. The Morgan fingerprint density at radius 3 is 2.73 bits per heavy atom. The van der Waals surface area contributed by atoms with Gasteiger partial charge in [-0.15, -0.1) is 0 Å². The Kier molecular flexibility index (Phi) is 5.97. The Morgan fingerprint density at radius 2 is 2.03 bits per heavy atom. The van der Waals surface area contributed by atoms with Crippen molar-refractivity contribution in [3.63, 3.8) is 0 Å². The first-order valence-corrected chi connectivity index (χ1v) is 12.3. The van der Waals surface area contributed by atoms with Gasteiger partial charge in [-0.1, -0.05) is 11.6 Å². The molecule has 176 valence electrons. The predicted octanol–water partition coefficient (Wildman–Crippen LogP) is 2.15. The number of carbonyl (C=O) groups excluding carboxylic acids is 2. The van der Waals surface area contributed by atoms with Crippen molar-refractivity contribution in [1.82, 2.24) is 5.32 Å². The maximum atomic E-state index is 13.4. The Labute approximate surface area is 194 Å². The Morgan fingerprint density at radius 1 is 1.27 bits per heavy atom. The molecular formula is C21H21ClFN3O6S. The molecule has 1 unspecified atom stereocenters. The zero-order valence-corrected chi connectivity index (χ0v) is 19.1. The summed E-state index contributed by atoms with van der Waals surface area (Å²) in [6, 6.07) is 8.65. The number of aliphatic hydroxyl groups is 1. The normalized spacial score (nSPS) is 20.2. The van der Waals surface area contributed by atoms with E-state index in [1.165, 1.54) is 21.3 Å². The number of halogens is 2. The molecule has 4 rings (SSSR count). The minimum absolute atomic E-state index is 0.0939. The van der Waals surface area contributed by atoms with Crippen LogP contribution in [0.5, 0.6) is 0 Å². The lowest BCUT2D eigenvalue weighted by Crippen LogP contribution is -2.46. The Hall–Kier alpha value is -2.89. The van der Waals surface area contributed by atoms with Crippen LogP contribution in [0, 0.1) is 5.82 Å². The summed E-state index contributed by atoms with van der Waals surface area (Å²) < 4.78 is 43.5. The van der Waals surface area contributed by atoms with Crippen molar-refractivity contribution < 1.29 is 32.2 Å². The van der Waals surface area contributed by atoms with Crippen molar-refractivity contribution in [3.8, 4) is 0 Å². The molecule has 0 radical (unpaired) electrons. The van der Waals surface area contributed by atoms with Crippen molar-refractivity contribution in [3.05, 3.63) is 58.4 Å². The fourth-order valence-corrected chi connectivity index (χ4v) is 5.17. The molecular weight excluding hydrogens is 477 g/mol. The number of fused-ring (bicyclic) bond motifs is 1. The standard InChI is InChI=1S/C21H21ClFN3O6S/c1-33(30,31)26-6-4-14-10-17(2-3-18(14)26)25-7-5-21(29,19(25)27)32-20(28)24-12-13-8-15(22)11-16(23)9-13/h2-3,8-11,29H,4-7,12H2,1H3,(H,24,28). The predicted molar refractivity (Wildman–Crippen MR) is 119 cm³/mol. The SMILES string of the molecule is CS(=O)(=O)N1CCc2cc(N3CCC(O)(OC(=O)NCc4cc(F)cc(Cl)c4)C3=O)ccc21. The summed E-state index contributed by atoms with van der Waals surface area (Å²) in [5, 5.41) is 13.2. The van der Waals surface area contributed by atoms with E-state index in [9.17, 15) is 27.5 Å². The van der Waals surface area contributed by atoms with Crippen LogP contribution >= 0.6 is 11.6 Å². The fraction of sp³-hybridized carbons (Fsp3) is 0.333. The third-order valence-corrected chi connectivity index (χ3v) is 6.90. The molecule has 1 saturated heterocycles. The molecule has 12 heteroatoms. The Balaban J connectivity index is 1.42. The van der Waals surface area contributed by atoms with Gasteiger partial charge in [-0.3, -0.25) is 9.10 Å². The minimum Gasteiger partial charge on any atom is -0.407 e. The highest BCUT2D eigenvalue weighted by Gasteiger charge is 2.49. The average Bonchev–Trinajstić information content (AvgIpc) is 3.27. The van der Waals surface area contributed by atoms with Gasteiger partial charge in [0.2, 0.25) is 10.0 Å². The van der Waals surface area contributed by atoms with Crippen LogP contribution in [0.25, 0.3) is 0 Å². The Bertz CT molecular complexity index is 1220. The number of alkyl carbamates (subject to hydrolysis) is 1. The zero-order valence-electron chi connectivity index (χ0n) is 17.5. The van der Waals surface area contributed by atoms with Gasteiger partial charge in [0.1, 0.15) is 5.82 Å². The van der Waals surface area contributed by atoms with Gasteiger partial charge in [0.05, 0.1) is 11.9 Å².